The van der Waals surface area contributed by atoms with E-state index >= 15 is 0 Å². The summed E-state index contributed by atoms with van der Waals surface area (Å²) in [5, 5.41) is 3.47. The lowest BCUT2D eigenvalue weighted by Crippen LogP contribution is -2.19. The van der Waals surface area contributed by atoms with Crippen LogP contribution in [0.4, 0.5) is 0 Å². The van der Waals surface area contributed by atoms with E-state index in [2.05, 4.69) is 28.2 Å². The van der Waals surface area contributed by atoms with E-state index in [0.717, 1.165) is 16.5 Å². The molecule has 1 aromatic heterocycles. The number of hydrogen-bond donors (Lipinski definition) is 1. The minimum atomic E-state index is 0.337. The van der Waals surface area contributed by atoms with E-state index in [0.29, 0.717) is 6.04 Å². The zero-order valence-corrected chi connectivity index (χ0v) is 8.60. The van der Waals surface area contributed by atoms with Gasteiger partial charge < -0.3 is 9.73 Å². The van der Waals surface area contributed by atoms with E-state index in [1.54, 1.807) is 0 Å². The molecule has 0 radical (unpaired) electrons. The predicted octanol–water partition coefficient (Wildman–Crippen LogP) is 2.86. The average Bonchev–Trinajstić information content (AvgIpc) is 2.72. The molecule has 0 aliphatic heterocycles. The van der Waals surface area contributed by atoms with Crippen LogP contribution < -0.4 is 5.32 Å². The molecule has 0 amide bonds. The molecule has 1 aliphatic carbocycles. The molecule has 0 aromatic carbocycles. The first-order valence-electron chi connectivity index (χ1n) is 4.27. The Hall–Kier alpha value is -0.280. The highest BCUT2D eigenvalue weighted by Crippen LogP contribution is 2.25. The van der Waals surface area contributed by atoms with Crippen LogP contribution in [0.5, 0.6) is 0 Å². The smallest absolute Gasteiger partial charge is 0.169 e. The normalized spacial score (nSPS) is 19.5. The monoisotopic (exact) mass is 229 g/mol. The van der Waals surface area contributed by atoms with Crippen molar-refractivity contribution in [3.8, 4) is 0 Å². The molecule has 2 nitrogen and oxygen atoms in total. The lowest BCUT2D eigenvalue weighted by Gasteiger charge is -2.09. The average molecular weight is 230 g/mol. The van der Waals surface area contributed by atoms with Crippen LogP contribution in [0.3, 0.4) is 0 Å². The molecule has 0 spiro atoms. The molecule has 1 aromatic rings. The summed E-state index contributed by atoms with van der Waals surface area (Å²) in [6.07, 6.45) is 2.62. The highest BCUT2D eigenvalue weighted by atomic mass is 79.9. The standard InChI is InChI=1S/C9H12BrNO/c1-6(11-7-2-3-7)8-4-5-9(10)12-8/h4-7,11H,2-3H2,1H3. The fourth-order valence-electron chi connectivity index (χ4n) is 1.25. The Morgan fingerprint density at radius 1 is 1.58 bits per heavy atom. The molecule has 12 heavy (non-hydrogen) atoms. The van der Waals surface area contributed by atoms with Crippen LogP contribution in [0.15, 0.2) is 21.2 Å². The van der Waals surface area contributed by atoms with Gasteiger partial charge in [-0.25, -0.2) is 0 Å². The lowest BCUT2D eigenvalue weighted by molar-refractivity contribution is 0.417. The van der Waals surface area contributed by atoms with Gasteiger partial charge in [0.2, 0.25) is 0 Å². The van der Waals surface area contributed by atoms with Crippen molar-refractivity contribution in [2.45, 2.75) is 31.8 Å². The van der Waals surface area contributed by atoms with E-state index in [-0.39, 0.29) is 0 Å². The maximum absolute atomic E-state index is 5.43. The van der Waals surface area contributed by atoms with Gasteiger partial charge in [-0.15, -0.1) is 0 Å². The van der Waals surface area contributed by atoms with Gasteiger partial charge >= 0.3 is 0 Å². The van der Waals surface area contributed by atoms with Crippen LogP contribution in [0, 0.1) is 0 Å². The second-order valence-electron chi connectivity index (χ2n) is 3.30. The third kappa shape index (κ3) is 1.90. The highest BCUT2D eigenvalue weighted by Gasteiger charge is 2.24. The third-order valence-electron chi connectivity index (χ3n) is 2.08. The Labute approximate surface area is 80.5 Å². The summed E-state index contributed by atoms with van der Waals surface area (Å²) in [6, 6.07) is 5.00. The molecular formula is C9H12BrNO. The zero-order chi connectivity index (χ0) is 8.55. The summed E-state index contributed by atoms with van der Waals surface area (Å²) in [5.41, 5.74) is 0. The van der Waals surface area contributed by atoms with Crippen LogP contribution in [-0.2, 0) is 0 Å². The van der Waals surface area contributed by atoms with Gasteiger partial charge in [-0.3, -0.25) is 0 Å². The van der Waals surface area contributed by atoms with E-state index in [1.807, 2.05) is 12.1 Å². The Kier molecular flexibility index (Phi) is 2.24. The van der Waals surface area contributed by atoms with Crippen molar-refractivity contribution in [2.75, 3.05) is 0 Å². The Morgan fingerprint density at radius 3 is 2.83 bits per heavy atom. The largest absolute Gasteiger partial charge is 0.453 e. The molecule has 1 heterocycles. The van der Waals surface area contributed by atoms with Crippen molar-refractivity contribution in [1.82, 2.24) is 5.32 Å². The molecule has 3 heteroatoms. The van der Waals surface area contributed by atoms with Crippen molar-refractivity contribution in [2.24, 2.45) is 0 Å². The molecule has 66 valence electrons. The first kappa shape index (κ1) is 8.32. The van der Waals surface area contributed by atoms with Gasteiger partial charge in [0.25, 0.3) is 0 Å². The summed E-state index contributed by atoms with van der Waals surface area (Å²) in [5.74, 6) is 1.01. The maximum atomic E-state index is 5.43. The van der Waals surface area contributed by atoms with Gasteiger partial charge in [0.15, 0.2) is 4.67 Å². The first-order chi connectivity index (χ1) is 5.75. The maximum Gasteiger partial charge on any atom is 0.169 e. The van der Waals surface area contributed by atoms with E-state index < -0.39 is 0 Å². The van der Waals surface area contributed by atoms with Crippen LogP contribution in [0.1, 0.15) is 31.6 Å². The fraction of sp³-hybridized carbons (Fsp3) is 0.556. The van der Waals surface area contributed by atoms with Crippen LogP contribution >= 0.6 is 15.9 Å². The minimum Gasteiger partial charge on any atom is -0.453 e. The number of rotatable bonds is 3. The van der Waals surface area contributed by atoms with Crippen molar-refractivity contribution < 1.29 is 4.42 Å². The summed E-state index contributed by atoms with van der Waals surface area (Å²) < 4.78 is 6.24. The minimum absolute atomic E-state index is 0.337. The first-order valence-corrected chi connectivity index (χ1v) is 5.06. The Balaban J connectivity index is 1.97. The van der Waals surface area contributed by atoms with Crippen molar-refractivity contribution in [1.29, 1.82) is 0 Å². The van der Waals surface area contributed by atoms with Crippen LogP contribution in [0.25, 0.3) is 0 Å². The van der Waals surface area contributed by atoms with E-state index in [4.69, 9.17) is 4.42 Å². The quantitative estimate of drug-likeness (QED) is 0.863. The Bertz CT molecular complexity index is 267. The summed E-state index contributed by atoms with van der Waals surface area (Å²) in [4.78, 5) is 0. The van der Waals surface area contributed by atoms with Crippen molar-refractivity contribution in [3.63, 3.8) is 0 Å². The van der Waals surface area contributed by atoms with Crippen LogP contribution in [0.2, 0.25) is 0 Å². The van der Waals surface area contributed by atoms with Gasteiger partial charge in [-0.2, -0.15) is 0 Å². The van der Waals surface area contributed by atoms with Gasteiger partial charge in [0.1, 0.15) is 5.76 Å². The number of furan rings is 1. The Morgan fingerprint density at radius 2 is 2.33 bits per heavy atom. The molecule has 1 atom stereocenters. The molecule has 1 unspecified atom stereocenters. The molecule has 1 saturated carbocycles. The van der Waals surface area contributed by atoms with Crippen molar-refractivity contribution >= 4 is 15.9 Å². The van der Waals surface area contributed by atoms with Crippen molar-refractivity contribution in [3.05, 3.63) is 22.6 Å². The lowest BCUT2D eigenvalue weighted by atomic mass is 10.2. The molecule has 0 saturated heterocycles. The van der Waals surface area contributed by atoms with E-state index in [1.165, 1.54) is 12.8 Å². The summed E-state index contributed by atoms with van der Waals surface area (Å²) in [6.45, 7) is 2.13. The number of hydrogen-bond acceptors (Lipinski definition) is 2. The third-order valence-corrected chi connectivity index (χ3v) is 2.51. The van der Waals surface area contributed by atoms with Gasteiger partial charge in [0, 0.05) is 6.04 Å². The van der Waals surface area contributed by atoms with E-state index in [9.17, 15) is 0 Å². The molecule has 2 rings (SSSR count). The number of nitrogens with one attached hydrogen (secondary N) is 1. The highest BCUT2D eigenvalue weighted by molar-refractivity contribution is 9.10. The second-order valence-corrected chi connectivity index (χ2v) is 4.09. The fourth-order valence-corrected chi connectivity index (χ4v) is 1.57. The van der Waals surface area contributed by atoms with Gasteiger partial charge in [-0.1, -0.05) is 0 Å². The molecular weight excluding hydrogens is 218 g/mol. The topological polar surface area (TPSA) is 25.2 Å². The molecule has 1 fully saturated rings. The summed E-state index contributed by atoms with van der Waals surface area (Å²) in [7, 11) is 0. The van der Waals surface area contributed by atoms with Gasteiger partial charge in [0.05, 0.1) is 6.04 Å². The predicted molar refractivity (Wildman–Crippen MR) is 51.0 cm³/mol. The molecule has 0 bridgehead atoms. The zero-order valence-electron chi connectivity index (χ0n) is 7.01. The SMILES string of the molecule is CC(NC1CC1)c1ccc(Br)o1. The second kappa shape index (κ2) is 3.23. The molecule has 1 N–H and O–H groups in total. The van der Waals surface area contributed by atoms with Gasteiger partial charge in [-0.05, 0) is 47.8 Å². The summed E-state index contributed by atoms with van der Waals surface area (Å²) >= 11 is 3.29. The van der Waals surface area contributed by atoms with Crippen LogP contribution in [-0.4, -0.2) is 6.04 Å². The number of halogens is 1. The molecule has 1 aliphatic rings.